The Balaban J connectivity index is 1.70. The first-order valence-electron chi connectivity index (χ1n) is 6.86. The summed E-state index contributed by atoms with van der Waals surface area (Å²) in [6, 6.07) is 12.2. The maximum atomic E-state index is 12.3. The molecule has 22 heavy (non-hydrogen) atoms. The lowest BCUT2D eigenvalue weighted by atomic mass is 10.1. The number of carbonyl (C=O) groups is 3. The van der Waals surface area contributed by atoms with Crippen molar-refractivity contribution >= 4 is 23.3 Å². The van der Waals surface area contributed by atoms with Crippen molar-refractivity contribution in [2.45, 2.75) is 6.54 Å². The largest absolute Gasteiger partial charge is 0.467 e. The van der Waals surface area contributed by atoms with Gasteiger partial charge in [-0.3, -0.25) is 14.4 Å². The molecule has 1 unspecified atom stereocenters. The molecule has 6 heteroatoms. The van der Waals surface area contributed by atoms with E-state index in [0.717, 1.165) is 0 Å². The summed E-state index contributed by atoms with van der Waals surface area (Å²) in [7, 11) is 0. The van der Waals surface area contributed by atoms with Crippen LogP contribution in [0.2, 0.25) is 0 Å². The van der Waals surface area contributed by atoms with Crippen molar-refractivity contribution in [1.82, 2.24) is 5.32 Å². The molecule has 0 aliphatic carbocycles. The molecule has 2 aromatic rings. The number of Topliss-reactive ketones (excluding diaryl/α,β-unsaturated/α-hetero) is 1. The number of ketones is 1. The number of anilines is 1. The molecule has 1 aromatic carbocycles. The van der Waals surface area contributed by atoms with E-state index in [9.17, 15) is 14.4 Å². The van der Waals surface area contributed by atoms with Gasteiger partial charge in [0.2, 0.25) is 11.8 Å². The highest BCUT2D eigenvalue weighted by atomic mass is 16.3. The minimum absolute atomic E-state index is 0.0817. The number of benzene rings is 1. The maximum Gasteiger partial charge on any atom is 0.247 e. The summed E-state index contributed by atoms with van der Waals surface area (Å²) in [6.07, 6.45) is 1.49. The van der Waals surface area contributed by atoms with Gasteiger partial charge in [-0.25, -0.2) is 0 Å². The summed E-state index contributed by atoms with van der Waals surface area (Å²) in [5, 5.41) is 2.56. The van der Waals surface area contributed by atoms with E-state index in [1.807, 2.05) is 6.07 Å². The molecule has 1 saturated heterocycles. The number of amides is 2. The van der Waals surface area contributed by atoms with Gasteiger partial charge in [-0.15, -0.1) is 0 Å². The molecule has 0 spiro atoms. The summed E-state index contributed by atoms with van der Waals surface area (Å²) in [4.78, 5) is 37.8. The van der Waals surface area contributed by atoms with Crippen LogP contribution in [0.1, 0.15) is 5.76 Å². The van der Waals surface area contributed by atoms with Crippen molar-refractivity contribution in [1.29, 1.82) is 0 Å². The first-order valence-corrected chi connectivity index (χ1v) is 6.86. The smallest absolute Gasteiger partial charge is 0.247 e. The van der Waals surface area contributed by atoms with Crippen LogP contribution < -0.4 is 10.2 Å². The third-order valence-electron chi connectivity index (χ3n) is 3.50. The van der Waals surface area contributed by atoms with E-state index in [1.165, 1.54) is 11.2 Å². The Hall–Kier alpha value is -2.89. The molecule has 0 bridgehead atoms. The Morgan fingerprint density at radius 3 is 2.64 bits per heavy atom. The fourth-order valence-corrected chi connectivity index (χ4v) is 2.39. The van der Waals surface area contributed by atoms with Gasteiger partial charge in [-0.2, -0.15) is 0 Å². The average molecular weight is 298 g/mol. The molecule has 1 fully saturated rings. The van der Waals surface area contributed by atoms with Gasteiger partial charge < -0.3 is 14.6 Å². The van der Waals surface area contributed by atoms with Crippen LogP contribution in [0.15, 0.2) is 53.1 Å². The van der Waals surface area contributed by atoms with Crippen molar-refractivity contribution < 1.29 is 18.8 Å². The highest BCUT2D eigenvalue weighted by Gasteiger charge is 2.44. The normalized spacial score (nSPS) is 17.8. The highest BCUT2D eigenvalue weighted by molar-refractivity contribution is 6.28. The number of nitrogens with zero attached hydrogens (tertiary/aromatic N) is 1. The average Bonchev–Trinajstić information content (AvgIpc) is 3.14. The highest BCUT2D eigenvalue weighted by Crippen LogP contribution is 2.23. The molecule has 2 amide bonds. The van der Waals surface area contributed by atoms with Crippen molar-refractivity contribution in [3.05, 3.63) is 54.5 Å². The number of carbonyl (C=O) groups excluding carboxylic acids is 3. The molecule has 3 rings (SSSR count). The summed E-state index contributed by atoms with van der Waals surface area (Å²) in [5.41, 5.74) is 0.613. The summed E-state index contributed by atoms with van der Waals surface area (Å²) in [6.45, 7) is 0.0654. The van der Waals surface area contributed by atoms with Crippen LogP contribution in [0.4, 0.5) is 5.69 Å². The van der Waals surface area contributed by atoms with Crippen LogP contribution in [0.25, 0.3) is 0 Å². The SMILES string of the molecule is O=C1CN(c2ccccc2)C(=O)C1C(=O)NCc1ccco1. The van der Waals surface area contributed by atoms with E-state index >= 15 is 0 Å². The quantitative estimate of drug-likeness (QED) is 0.858. The number of nitrogens with one attached hydrogen (secondary N) is 1. The van der Waals surface area contributed by atoms with Crippen LogP contribution in [-0.2, 0) is 20.9 Å². The summed E-state index contributed by atoms with van der Waals surface area (Å²) in [5.74, 6) is -2.20. The predicted molar refractivity (Wildman–Crippen MR) is 77.8 cm³/mol. The third-order valence-corrected chi connectivity index (χ3v) is 3.50. The molecule has 2 heterocycles. The minimum atomic E-state index is -1.28. The molecule has 112 valence electrons. The molecule has 1 aliphatic rings. The second-order valence-corrected chi connectivity index (χ2v) is 4.96. The number of hydrogen-bond donors (Lipinski definition) is 1. The lowest BCUT2D eigenvalue weighted by Crippen LogP contribution is -2.38. The zero-order valence-electron chi connectivity index (χ0n) is 11.7. The van der Waals surface area contributed by atoms with Gasteiger partial charge in [0, 0.05) is 5.69 Å². The van der Waals surface area contributed by atoms with E-state index < -0.39 is 23.5 Å². The van der Waals surface area contributed by atoms with Crippen LogP contribution in [0, 0.1) is 5.92 Å². The molecular weight excluding hydrogens is 284 g/mol. The Morgan fingerprint density at radius 2 is 1.95 bits per heavy atom. The standard InChI is InChI=1S/C16H14N2O4/c19-13-10-18(11-5-2-1-3-6-11)16(21)14(13)15(20)17-9-12-7-4-8-22-12/h1-8,14H,9-10H2,(H,17,20). The summed E-state index contributed by atoms with van der Waals surface area (Å²) < 4.78 is 5.10. The van der Waals surface area contributed by atoms with Gasteiger partial charge in [-0.05, 0) is 24.3 Å². The number of rotatable bonds is 4. The van der Waals surface area contributed by atoms with E-state index in [-0.39, 0.29) is 13.1 Å². The van der Waals surface area contributed by atoms with E-state index in [4.69, 9.17) is 4.42 Å². The van der Waals surface area contributed by atoms with E-state index in [2.05, 4.69) is 5.32 Å². The van der Waals surface area contributed by atoms with E-state index in [0.29, 0.717) is 11.4 Å². The zero-order chi connectivity index (χ0) is 15.5. The van der Waals surface area contributed by atoms with Gasteiger partial charge in [0.15, 0.2) is 11.7 Å². The van der Waals surface area contributed by atoms with Crippen LogP contribution in [0.3, 0.4) is 0 Å². The van der Waals surface area contributed by atoms with Gasteiger partial charge >= 0.3 is 0 Å². The molecule has 0 radical (unpaired) electrons. The van der Waals surface area contributed by atoms with Crippen molar-refractivity contribution in [3.63, 3.8) is 0 Å². The van der Waals surface area contributed by atoms with Crippen LogP contribution in [-0.4, -0.2) is 24.1 Å². The van der Waals surface area contributed by atoms with Gasteiger partial charge in [0.05, 0.1) is 19.4 Å². The van der Waals surface area contributed by atoms with Crippen LogP contribution in [0.5, 0.6) is 0 Å². The van der Waals surface area contributed by atoms with Crippen molar-refractivity contribution in [2.75, 3.05) is 11.4 Å². The molecule has 1 atom stereocenters. The number of hydrogen-bond acceptors (Lipinski definition) is 4. The van der Waals surface area contributed by atoms with Gasteiger partial charge in [-0.1, -0.05) is 18.2 Å². The van der Waals surface area contributed by atoms with Gasteiger partial charge in [0.1, 0.15) is 5.76 Å². The van der Waals surface area contributed by atoms with Crippen LogP contribution >= 0.6 is 0 Å². The molecule has 6 nitrogen and oxygen atoms in total. The van der Waals surface area contributed by atoms with E-state index in [1.54, 1.807) is 36.4 Å². The summed E-state index contributed by atoms with van der Waals surface area (Å²) >= 11 is 0. The zero-order valence-corrected chi connectivity index (χ0v) is 11.7. The molecule has 1 N–H and O–H groups in total. The first kappa shape index (κ1) is 14.1. The topological polar surface area (TPSA) is 79.6 Å². The third kappa shape index (κ3) is 2.63. The number of furan rings is 1. The fourth-order valence-electron chi connectivity index (χ4n) is 2.39. The molecular formula is C16H14N2O4. The maximum absolute atomic E-state index is 12.3. The molecule has 1 aliphatic heterocycles. The lowest BCUT2D eigenvalue weighted by molar-refractivity contribution is -0.137. The number of para-hydroxylation sites is 1. The van der Waals surface area contributed by atoms with Crippen molar-refractivity contribution in [3.8, 4) is 0 Å². The molecule has 0 saturated carbocycles. The fraction of sp³-hybridized carbons (Fsp3) is 0.188. The molecule has 1 aromatic heterocycles. The minimum Gasteiger partial charge on any atom is -0.467 e. The Labute approximate surface area is 126 Å². The lowest BCUT2D eigenvalue weighted by Gasteiger charge is -2.15. The van der Waals surface area contributed by atoms with Gasteiger partial charge in [0.25, 0.3) is 0 Å². The second kappa shape index (κ2) is 5.85. The first-order chi connectivity index (χ1) is 10.7. The van der Waals surface area contributed by atoms with Crippen molar-refractivity contribution in [2.24, 2.45) is 5.92 Å². The second-order valence-electron chi connectivity index (χ2n) is 4.96. The Morgan fingerprint density at radius 1 is 1.18 bits per heavy atom. The monoisotopic (exact) mass is 298 g/mol. The Kier molecular flexibility index (Phi) is 3.74. The predicted octanol–water partition coefficient (Wildman–Crippen LogP) is 1.13. The Bertz CT molecular complexity index is 694.